The third kappa shape index (κ3) is 6.20. The molecule has 33 heavy (non-hydrogen) atoms. The molecule has 8 nitrogen and oxygen atoms in total. The molecule has 0 saturated heterocycles. The van der Waals surface area contributed by atoms with Crippen LogP contribution in [0.3, 0.4) is 0 Å². The highest BCUT2D eigenvalue weighted by atomic mass is 35.5. The number of phenols is 1. The molecule has 2 aromatic carbocycles. The Morgan fingerprint density at radius 1 is 1.24 bits per heavy atom. The van der Waals surface area contributed by atoms with Gasteiger partial charge in [0.15, 0.2) is 0 Å². The van der Waals surface area contributed by atoms with Crippen LogP contribution in [-0.4, -0.2) is 42.8 Å². The van der Waals surface area contributed by atoms with E-state index in [1.54, 1.807) is 55.6 Å². The summed E-state index contributed by atoms with van der Waals surface area (Å²) in [5.74, 6) is -0.198. The monoisotopic (exact) mass is 467 g/mol. The van der Waals surface area contributed by atoms with Crippen molar-refractivity contribution in [2.24, 2.45) is 0 Å². The van der Waals surface area contributed by atoms with Crippen molar-refractivity contribution in [1.29, 1.82) is 5.26 Å². The molecule has 0 aliphatic carbocycles. The predicted molar refractivity (Wildman–Crippen MR) is 131 cm³/mol. The first-order valence-electron chi connectivity index (χ1n) is 9.73. The molecular weight excluding hydrogens is 442 g/mol. The first kappa shape index (κ1) is 25.6. The van der Waals surface area contributed by atoms with Crippen molar-refractivity contribution >= 4 is 29.0 Å². The second-order valence-corrected chi connectivity index (χ2v) is 7.26. The number of ether oxygens (including phenoxy) is 1. The van der Waals surface area contributed by atoms with Crippen LogP contribution >= 0.6 is 11.6 Å². The van der Waals surface area contributed by atoms with Crippen molar-refractivity contribution in [2.45, 2.75) is 7.43 Å². The Hall–Kier alpha value is -3.64. The number of pyridine rings is 1. The molecule has 5 N–H and O–H groups in total. The van der Waals surface area contributed by atoms with Gasteiger partial charge in [0.1, 0.15) is 23.2 Å². The number of amides is 1. The number of carbonyl (C=O) groups is 1. The Morgan fingerprint density at radius 2 is 2.00 bits per heavy atom. The van der Waals surface area contributed by atoms with Crippen LogP contribution in [0.2, 0.25) is 5.02 Å². The third-order valence-corrected chi connectivity index (χ3v) is 4.99. The number of nitrogen functional groups attached to an aromatic ring is 1. The molecule has 1 aromatic heterocycles. The van der Waals surface area contributed by atoms with Gasteiger partial charge in [0.05, 0.1) is 29.6 Å². The number of carbonyl (C=O) groups excluding carboxylic acids is 1. The van der Waals surface area contributed by atoms with Crippen molar-refractivity contribution in [3.63, 3.8) is 0 Å². The quantitative estimate of drug-likeness (QED) is 0.367. The number of hydrogen-bond donors (Lipinski definition) is 4. The van der Waals surface area contributed by atoms with Crippen LogP contribution in [0.4, 0.5) is 11.5 Å². The maximum atomic E-state index is 12.2. The molecule has 1 heterocycles. The summed E-state index contributed by atoms with van der Waals surface area (Å²) in [5.41, 5.74) is 8.65. The number of nitrogens with two attached hydrogens (primary N) is 1. The Balaban J connectivity index is 0.00000385. The lowest BCUT2D eigenvalue weighted by Crippen LogP contribution is -2.30. The van der Waals surface area contributed by atoms with Crippen LogP contribution in [0.1, 0.15) is 13.0 Å². The zero-order valence-corrected chi connectivity index (χ0v) is 18.1. The SMILES string of the molecule is C.COCCNCC(=O)Nc1cc(-c2cc(-c3ccccc3O)nc(N)c2C#N)ccc1Cl. The van der Waals surface area contributed by atoms with Crippen LogP contribution in [0.15, 0.2) is 48.5 Å². The molecule has 172 valence electrons. The number of nitrogens with one attached hydrogen (secondary N) is 2. The Kier molecular flexibility index (Phi) is 9.18. The second kappa shape index (κ2) is 11.8. The lowest BCUT2D eigenvalue weighted by molar-refractivity contribution is -0.115. The molecule has 0 atom stereocenters. The number of anilines is 2. The summed E-state index contributed by atoms with van der Waals surface area (Å²) in [6.07, 6.45) is 0. The zero-order valence-electron chi connectivity index (χ0n) is 17.4. The number of nitrogens with zero attached hydrogens (tertiary/aromatic N) is 2. The van der Waals surface area contributed by atoms with Crippen LogP contribution in [-0.2, 0) is 9.53 Å². The Morgan fingerprint density at radius 3 is 2.70 bits per heavy atom. The van der Waals surface area contributed by atoms with Gasteiger partial charge in [0.2, 0.25) is 5.91 Å². The lowest BCUT2D eigenvalue weighted by atomic mass is 9.97. The van der Waals surface area contributed by atoms with Gasteiger partial charge < -0.3 is 26.2 Å². The molecule has 0 aliphatic rings. The first-order valence-corrected chi connectivity index (χ1v) is 10.1. The van der Waals surface area contributed by atoms with E-state index in [1.807, 2.05) is 0 Å². The van der Waals surface area contributed by atoms with Gasteiger partial charge in [-0.1, -0.05) is 37.2 Å². The molecule has 1 amide bonds. The summed E-state index contributed by atoms with van der Waals surface area (Å²) >= 11 is 6.27. The van der Waals surface area contributed by atoms with Crippen molar-refractivity contribution in [3.05, 3.63) is 59.1 Å². The largest absolute Gasteiger partial charge is 0.507 e. The van der Waals surface area contributed by atoms with Gasteiger partial charge in [-0.15, -0.1) is 0 Å². The molecule has 0 bridgehead atoms. The number of methoxy groups -OCH3 is 1. The maximum absolute atomic E-state index is 12.2. The molecule has 3 aromatic rings. The van der Waals surface area contributed by atoms with E-state index in [4.69, 9.17) is 22.1 Å². The van der Waals surface area contributed by atoms with Gasteiger partial charge in [-0.25, -0.2) is 4.98 Å². The van der Waals surface area contributed by atoms with Crippen molar-refractivity contribution in [3.8, 4) is 34.2 Å². The first-order chi connectivity index (χ1) is 15.4. The summed E-state index contributed by atoms with van der Waals surface area (Å²) in [5, 5.41) is 25.9. The smallest absolute Gasteiger partial charge is 0.238 e. The highest BCUT2D eigenvalue weighted by Gasteiger charge is 2.16. The molecule has 0 aliphatic heterocycles. The third-order valence-electron chi connectivity index (χ3n) is 4.66. The number of rotatable bonds is 8. The van der Waals surface area contributed by atoms with Gasteiger partial charge in [0, 0.05) is 24.8 Å². The number of para-hydroxylation sites is 1. The lowest BCUT2D eigenvalue weighted by Gasteiger charge is -2.13. The highest BCUT2D eigenvalue weighted by molar-refractivity contribution is 6.33. The Bertz CT molecular complexity index is 1180. The fourth-order valence-electron chi connectivity index (χ4n) is 3.10. The molecule has 0 saturated carbocycles. The molecule has 3 rings (SSSR count). The van der Waals surface area contributed by atoms with E-state index >= 15 is 0 Å². The van der Waals surface area contributed by atoms with Gasteiger partial charge in [-0.3, -0.25) is 4.79 Å². The van der Waals surface area contributed by atoms with Crippen molar-refractivity contribution in [2.75, 3.05) is 37.9 Å². The number of phenolic OH excluding ortho intramolecular Hbond substituents is 1. The normalized spacial score (nSPS) is 10.2. The number of halogens is 1. The molecule has 0 radical (unpaired) electrons. The highest BCUT2D eigenvalue weighted by Crippen LogP contribution is 2.36. The maximum Gasteiger partial charge on any atom is 0.238 e. The molecular formula is C24H26ClN5O3. The summed E-state index contributed by atoms with van der Waals surface area (Å²) in [6.45, 7) is 1.12. The topological polar surface area (TPSA) is 133 Å². The van der Waals surface area contributed by atoms with Crippen LogP contribution in [0, 0.1) is 11.3 Å². The van der Waals surface area contributed by atoms with E-state index in [1.165, 1.54) is 0 Å². The van der Waals surface area contributed by atoms with E-state index in [0.717, 1.165) is 0 Å². The molecule has 0 spiro atoms. The van der Waals surface area contributed by atoms with Gasteiger partial charge in [-0.2, -0.15) is 5.26 Å². The molecule has 0 fully saturated rings. The molecule has 0 unspecified atom stereocenters. The minimum absolute atomic E-state index is 0. The van der Waals surface area contributed by atoms with E-state index < -0.39 is 0 Å². The average molecular weight is 468 g/mol. The summed E-state index contributed by atoms with van der Waals surface area (Å²) in [4.78, 5) is 16.5. The van der Waals surface area contributed by atoms with E-state index in [-0.39, 0.29) is 37.0 Å². The van der Waals surface area contributed by atoms with Gasteiger partial charge >= 0.3 is 0 Å². The standard InChI is InChI=1S/C23H22ClN5O3.CH4/c1-32-9-8-27-13-22(31)28-20-10-14(6-7-18(20)24)16-11-19(29-23(26)17(16)12-25)15-4-2-3-5-21(15)30;/h2-7,10-11,27,30H,8-9,13H2,1H3,(H2,26,29)(H,28,31);1H4. The number of nitriles is 1. The van der Waals surface area contributed by atoms with Crippen molar-refractivity contribution in [1.82, 2.24) is 10.3 Å². The number of hydrogen-bond acceptors (Lipinski definition) is 7. The average Bonchev–Trinajstić information content (AvgIpc) is 2.78. The number of benzene rings is 2. The number of aromatic nitrogens is 1. The predicted octanol–water partition coefficient (Wildman–Crippen LogP) is 4.04. The fourth-order valence-corrected chi connectivity index (χ4v) is 3.26. The second-order valence-electron chi connectivity index (χ2n) is 6.86. The van der Waals surface area contributed by atoms with E-state index in [2.05, 4.69) is 21.7 Å². The van der Waals surface area contributed by atoms with Crippen molar-refractivity contribution < 1.29 is 14.6 Å². The van der Waals surface area contributed by atoms with Crippen LogP contribution in [0.5, 0.6) is 5.75 Å². The summed E-state index contributed by atoms with van der Waals surface area (Å²) in [7, 11) is 1.58. The number of aromatic hydroxyl groups is 1. The summed E-state index contributed by atoms with van der Waals surface area (Å²) in [6, 6.07) is 15.5. The summed E-state index contributed by atoms with van der Waals surface area (Å²) < 4.78 is 4.93. The fraction of sp³-hybridized carbons (Fsp3) is 0.208. The minimum Gasteiger partial charge on any atom is -0.507 e. The molecule has 9 heteroatoms. The van der Waals surface area contributed by atoms with Crippen LogP contribution < -0.4 is 16.4 Å². The van der Waals surface area contributed by atoms with Crippen LogP contribution in [0.25, 0.3) is 22.4 Å². The van der Waals surface area contributed by atoms with E-state index in [9.17, 15) is 15.2 Å². The van der Waals surface area contributed by atoms with Gasteiger partial charge in [-0.05, 0) is 35.9 Å². The Labute approximate surface area is 198 Å². The van der Waals surface area contributed by atoms with Gasteiger partial charge in [0.25, 0.3) is 0 Å². The van der Waals surface area contributed by atoms with E-state index in [0.29, 0.717) is 46.2 Å². The minimum atomic E-state index is -0.273. The zero-order chi connectivity index (χ0) is 23.1.